The van der Waals surface area contributed by atoms with Gasteiger partial charge in [-0.2, -0.15) is 0 Å². The third-order valence-electron chi connectivity index (χ3n) is 3.08. The molecule has 0 radical (unpaired) electrons. The third-order valence-corrected chi connectivity index (χ3v) is 3.08. The second-order valence-electron chi connectivity index (χ2n) is 4.73. The number of carbonyl (C=O) groups is 2. The highest BCUT2D eigenvalue weighted by Gasteiger charge is 2.12. The summed E-state index contributed by atoms with van der Waals surface area (Å²) >= 11 is 0. The van der Waals surface area contributed by atoms with Crippen molar-refractivity contribution in [3.05, 3.63) is 28.8 Å². The van der Waals surface area contributed by atoms with Gasteiger partial charge in [-0.25, -0.2) is 0 Å². The number of aryl methyl sites for hydroxylation is 2. The van der Waals surface area contributed by atoms with Gasteiger partial charge in [0, 0.05) is 18.4 Å². The van der Waals surface area contributed by atoms with Crippen molar-refractivity contribution in [1.29, 1.82) is 0 Å². The zero-order chi connectivity index (χ0) is 15.1. The second kappa shape index (κ2) is 7.68. The molecule has 0 bridgehead atoms. The summed E-state index contributed by atoms with van der Waals surface area (Å²) in [5.74, 6) is 0.610. The molecule has 0 aromatic heterocycles. The highest BCUT2D eigenvalue weighted by atomic mass is 16.5. The maximum atomic E-state index is 12.1. The summed E-state index contributed by atoms with van der Waals surface area (Å²) in [6, 6.07) is 3.66. The number of hydrogen-bond donors (Lipinski definition) is 0. The predicted molar refractivity (Wildman–Crippen MR) is 77.3 cm³/mol. The highest BCUT2D eigenvalue weighted by Crippen LogP contribution is 2.25. The molecule has 0 aliphatic heterocycles. The number of benzene rings is 1. The molecule has 1 aromatic rings. The molecule has 110 valence electrons. The topological polar surface area (TPSA) is 52.6 Å². The summed E-state index contributed by atoms with van der Waals surface area (Å²) in [6.07, 6.45) is 1.15. The third kappa shape index (κ3) is 4.37. The maximum absolute atomic E-state index is 12.1. The van der Waals surface area contributed by atoms with Crippen LogP contribution in [0.5, 0.6) is 5.75 Å². The van der Waals surface area contributed by atoms with E-state index in [-0.39, 0.29) is 18.2 Å². The molecule has 0 N–H and O–H groups in total. The molecule has 4 nitrogen and oxygen atoms in total. The van der Waals surface area contributed by atoms with Crippen LogP contribution in [0.4, 0.5) is 0 Å². The zero-order valence-electron chi connectivity index (χ0n) is 12.6. The molecule has 0 atom stereocenters. The Hall–Kier alpha value is -1.84. The van der Waals surface area contributed by atoms with Crippen molar-refractivity contribution in [2.75, 3.05) is 13.7 Å². The van der Waals surface area contributed by atoms with Gasteiger partial charge in [-0.05, 0) is 50.5 Å². The zero-order valence-corrected chi connectivity index (χ0v) is 12.6. The Morgan fingerprint density at radius 2 is 1.70 bits per heavy atom. The van der Waals surface area contributed by atoms with Crippen molar-refractivity contribution >= 4 is 11.8 Å². The lowest BCUT2D eigenvalue weighted by atomic mass is 10.00. The van der Waals surface area contributed by atoms with Gasteiger partial charge >= 0.3 is 5.97 Å². The largest absolute Gasteiger partial charge is 0.496 e. The van der Waals surface area contributed by atoms with Crippen molar-refractivity contribution in [2.24, 2.45) is 0 Å². The van der Waals surface area contributed by atoms with E-state index >= 15 is 0 Å². The van der Waals surface area contributed by atoms with Crippen LogP contribution < -0.4 is 4.74 Å². The maximum Gasteiger partial charge on any atom is 0.305 e. The minimum Gasteiger partial charge on any atom is -0.496 e. The summed E-state index contributed by atoms with van der Waals surface area (Å²) in [5.41, 5.74) is 2.56. The lowest BCUT2D eigenvalue weighted by molar-refractivity contribution is -0.143. The molecule has 20 heavy (non-hydrogen) atoms. The lowest BCUT2D eigenvalue weighted by Crippen LogP contribution is -2.06. The van der Waals surface area contributed by atoms with Gasteiger partial charge in [-0.15, -0.1) is 0 Å². The fourth-order valence-corrected chi connectivity index (χ4v) is 2.20. The lowest BCUT2D eigenvalue weighted by Gasteiger charge is -2.10. The molecule has 0 spiro atoms. The van der Waals surface area contributed by atoms with Crippen molar-refractivity contribution in [2.45, 2.75) is 40.0 Å². The smallest absolute Gasteiger partial charge is 0.305 e. The fraction of sp³-hybridized carbons (Fsp3) is 0.500. The van der Waals surface area contributed by atoms with Crippen LogP contribution in [0.1, 0.15) is 47.7 Å². The van der Waals surface area contributed by atoms with Gasteiger partial charge in [0.2, 0.25) is 0 Å². The van der Waals surface area contributed by atoms with E-state index in [1.807, 2.05) is 26.0 Å². The molecule has 0 aliphatic rings. The number of esters is 1. The number of hydrogen-bond acceptors (Lipinski definition) is 4. The second-order valence-corrected chi connectivity index (χ2v) is 4.73. The van der Waals surface area contributed by atoms with E-state index in [2.05, 4.69) is 0 Å². The standard InChI is InChI=1S/C16H22O4/c1-5-20-15(18)8-6-7-14(17)13-9-11(2)16(19-4)12(3)10-13/h9-10H,5-8H2,1-4H3. The number of Topliss-reactive ketones (excluding diaryl/α,β-unsaturated/α-hetero) is 1. The molecule has 0 aliphatic carbocycles. The van der Waals surface area contributed by atoms with E-state index in [0.29, 0.717) is 25.0 Å². The van der Waals surface area contributed by atoms with Crippen LogP contribution in [0.2, 0.25) is 0 Å². The molecule has 0 heterocycles. The van der Waals surface area contributed by atoms with E-state index in [4.69, 9.17) is 9.47 Å². The van der Waals surface area contributed by atoms with Crippen molar-refractivity contribution in [3.8, 4) is 5.75 Å². The van der Waals surface area contributed by atoms with Gasteiger partial charge < -0.3 is 9.47 Å². The van der Waals surface area contributed by atoms with E-state index in [1.165, 1.54) is 0 Å². The molecular formula is C16H22O4. The van der Waals surface area contributed by atoms with Gasteiger partial charge in [0.25, 0.3) is 0 Å². The molecule has 0 saturated carbocycles. The van der Waals surface area contributed by atoms with Crippen molar-refractivity contribution in [1.82, 2.24) is 0 Å². The van der Waals surface area contributed by atoms with E-state index in [1.54, 1.807) is 14.0 Å². The Morgan fingerprint density at radius 1 is 1.10 bits per heavy atom. The first-order chi connectivity index (χ1) is 9.49. The van der Waals surface area contributed by atoms with E-state index in [0.717, 1.165) is 16.9 Å². The average molecular weight is 278 g/mol. The molecule has 1 aromatic carbocycles. The number of carbonyl (C=O) groups excluding carboxylic acids is 2. The number of ketones is 1. The van der Waals surface area contributed by atoms with Crippen LogP contribution in [-0.2, 0) is 9.53 Å². The fourth-order valence-electron chi connectivity index (χ4n) is 2.20. The Bertz CT molecular complexity index is 468. The first-order valence-electron chi connectivity index (χ1n) is 6.83. The van der Waals surface area contributed by atoms with Crippen molar-refractivity contribution in [3.63, 3.8) is 0 Å². The predicted octanol–water partition coefficient (Wildman–Crippen LogP) is 3.23. The van der Waals surface area contributed by atoms with Gasteiger partial charge in [-0.1, -0.05) is 0 Å². The van der Waals surface area contributed by atoms with Crippen LogP contribution in [0.15, 0.2) is 12.1 Å². The Balaban J connectivity index is 2.62. The van der Waals surface area contributed by atoms with Gasteiger partial charge in [-0.3, -0.25) is 9.59 Å². The van der Waals surface area contributed by atoms with E-state index < -0.39 is 0 Å². The minimum absolute atomic E-state index is 0.0446. The summed E-state index contributed by atoms with van der Waals surface area (Å²) in [4.78, 5) is 23.3. The molecular weight excluding hydrogens is 256 g/mol. The summed E-state index contributed by atoms with van der Waals surface area (Å²) < 4.78 is 10.1. The molecule has 1 rings (SSSR count). The Kier molecular flexibility index (Phi) is 6.22. The first-order valence-corrected chi connectivity index (χ1v) is 6.83. The molecule has 0 saturated heterocycles. The van der Waals surface area contributed by atoms with Crippen LogP contribution >= 0.6 is 0 Å². The SMILES string of the molecule is CCOC(=O)CCCC(=O)c1cc(C)c(OC)c(C)c1. The van der Waals surface area contributed by atoms with E-state index in [9.17, 15) is 9.59 Å². The first kappa shape index (κ1) is 16.2. The van der Waals surface area contributed by atoms with Crippen LogP contribution in [0.25, 0.3) is 0 Å². The molecule has 0 unspecified atom stereocenters. The molecule has 0 amide bonds. The average Bonchev–Trinajstić information content (AvgIpc) is 2.38. The number of methoxy groups -OCH3 is 1. The quantitative estimate of drug-likeness (QED) is 0.567. The van der Waals surface area contributed by atoms with Gasteiger partial charge in [0.05, 0.1) is 13.7 Å². The number of ether oxygens (including phenoxy) is 2. The normalized spacial score (nSPS) is 10.2. The molecule has 0 fully saturated rings. The summed E-state index contributed by atoms with van der Waals surface area (Å²) in [7, 11) is 1.62. The van der Waals surface area contributed by atoms with Crippen LogP contribution in [0.3, 0.4) is 0 Å². The van der Waals surface area contributed by atoms with Crippen LogP contribution in [0, 0.1) is 13.8 Å². The summed E-state index contributed by atoms with van der Waals surface area (Å²) in [5, 5.41) is 0. The Labute approximate surface area is 120 Å². The van der Waals surface area contributed by atoms with Gasteiger partial charge in [0.1, 0.15) is 5.75 Å². The van der Waals surface area contributed by atoms with Gasteiger partial charge in [0.15, 0.2) is 5.78 Å². The van der Waals surface area contributed by atoms with Crippen LogP contribution in [-0.4, -0.2) is 25.5 Å². The Morgan fingerprint density at radius 3 is 2.20 bits per heavy atom. The summed E-state index contributed by atoms with van der Waals surface area (Å²) in [6.45, 7) is 5.98. The van der Waals surface area contributed by atoms with Crippen molar-refractivity contribution < 1.29 is 19.1 Å². The highest BCUT2D eigenvalue weighted by molar-refractivity contribution is 5.96. The minimum atomic E-state index is -0.248. The molecule has 4 heteroatoms. The number of rotatable bonds is 7. The monoisotopic (exact) mass is 278 g/mol.